The van der Waals surface area contributed by atoms with Crippen molar-refractivity contribution in [3.05, 3.63) is 0 Å². The van der Waals surface area contributed by atoms with Gasteiger partial charge in [0.2, 0.25) is 0 Å². The van der Waals surface area contributed by atoms with Gasteiger partial charge in [0.1, 0.15) is 0 Å². The van der Waals surface area contributed by atoms with Crippen LogP contribution in [0.1, 0.15) is 0 Å². The van der Waals surface area contributed by atoms with E-state index in [9.17, 15) is 9.59 Å². The Morgan fingerprint density at radius 3 is 1.38 bits per heavy atom. The molecule has 0 rings (SSSR count). The fraction of sp³-hybridized carbons (Fsp3) is 0. The molecule has 0 atom stereocenters. The van der Waals surface area contributed by atoms with Crippen LogP contribution in [0.25, 0.3) is 0 Å². The maximum absolute atomic E-state index is 10.6. The monoisotopic (exact) mass is 187 g/mol. The van der Waals surface area contributed by atoms with Crippen LogP contribution in [0.5, 0.6) is 0 Å². The second-order valence-electron chi connectivity index (χ2n) is 1.81. The summed E-state index contributed by atoms with van der Waals surface area (Å²) in [5.41, 5.74) is 19.4. The largest absolute Gasteiger partial charge is 0.370 e. The summed E-state index contributed by atoms with van der Waals surface area (Å²) >= 11 is 0. The molecule has 9 N–H and O–H groups in total. The van der Waals surface area contributed by atoms with Crippen molar-refractivity contribution in [2.24, 2.45) is 32.9 Å². The fourth-order valence-corrected chi connectivity index (χ4v) is 0.382. The van der Waals surface area contributed by atoms with Gasteiger partial charge in [-0.25, -0.2) is 9.59 Å². The summed E-state index contributed by atoms with van der Waals surface area (Å²) in [6.45, 7) is 0. The van der Waals surface area contributed by atoms with Crippen molar-refractivity contribution in [1.82, 2.24) is 5.32 Å². The molecule has 0 aromatic rings. The van der Waals surface area contributed by atoms with E-state index in [0.29, 0.717) is 0 Å². The van der Waals surface area contributed by atoms with Crippen LogP contribution in [0, 0.1) is 0 Å². The van der Waals surface area contributed by atoms with Gasteiger partial charge in [-0.05, 0) is 0 Å². The maximum atomic E-state index is 10.6. The molecule has 0 saturated carbocycles. The van der Waals surface area contributed by atoms with Crippen molar-refractivity contribution in [3.63, 3.8) is 0 Å². The lowest BCUT2D eigenvalue weighted by Gasteiger charge is -1.95. The molecule has 0 aliphatic heterocycles. The molecule has 0 bridgehead atoms. The molecular weight excluding hydrogens is 178 g/mol. The molecule has 0 heterocycles. The molecule has 9 heteroatoms. The number of urea groups is 2. The maximum Gasteiger partial charge on any atom is 0.352 e. The zero-order chi connectivity index (χ0) is 10.4. The molecule has 0 saturated heterocycles. The first-order valence-corrected chi connectivity index (χ1v) is 2.96. The van der Waals surface area contributed by atoms with Crippen LogP contribution < -0.4 is 28.3 Å². The third-order valence-electron chi connectivity index (χ3n) is 0.675. The minimum absolute atomic E-state index is 0.477. The number of hydrogen-bond donors (Lipinski definition) is 5. The number of carbonyl (C=O) groups is 2. The normalized spacial score (nSPS) is 8.31. The van der Waals surface area contributed by atoms with Crippen molar-refractivity contribution in [1.29, 1.82) is 0 Å². The SMILES string of the molecule is NC(N)=NC(=O)NC(=O)N=C(N)N. The molecule has 13 heavy (non-hydrogen) atoms. The Morgan fingerprint density at radius 1 is 0.846 bits per heavy atom. The van der Waals surface area contributed by atoms with Gasteiger partial charge in [-0.2, -0.15) is 9.98 Å². The summed E-state index contributed by atoms with van der Waals surface area (Å²) in [4.78, 5) is 27.2. The number of hydrogen-bond acceptors (Lipinski definition) is 2. The molecule has 72 valence electrons. The van der Waals surface area contributed by atoms with Gasteiger partial charge in [0.15, 0.2) is 11.9 Å². The molecule has 0 aromatic carbocycles. The second-order valence-corrected chi connectivity index (χ2v) is 1.81. The van der Waals surface area contributed by atoms with Crippen LogP contribution in [0.4, 0.5) is 9.59 Å². The van der Waals surface area contributed by atoms with E-state index in [2.05, 4.69) is 9.98 Å². The van der Waals surface area contributed by atoms with Crippen LogP contribution in [0.2, 0.25) is 0 Å². The Hall–Kier alpha value is -2.32. The highest BCUT2D eigenvalue weighted by Crippen LogP contribution is 1.77. The average Bonchev–Trinajstić information content (AvgIpc) is 1.80. The molecule has 0 fully saturated rings. The number of aliphatic imine (C=N–C) groups is 2. The van der Waals surface area contributed by atoms with Gasteiger partial charge in [0.05, 0.1) is 0 Å². The van der Waals surface area contributed by atoms with Crippen molar-refractivity contribution in [2.75, 3.05) is 0 Å². The van der Waals surface area contributed by atoms with E-state index in [1.165, 1.54) is 0 Å². The van der Waals surface area contributed by atoms with Gasteiger partial charge in [0.25, 0.3) is 0 Å². The molecule has 0 aliphatic rings. The van der Waals surface area contributed by atoms with Crippen LogP contribution in [0.3, 0.4) is 0 Å². The molecule has 4 amide bonds. The number of imide groups is 1. The Labute approximate surface area is 72.9 Å². The van der Waals surface area contributed by atoms with Crippen molar-refractivity contribution in [3.8, 4) is 0 Å². The lowest BCUT2D eigenvalue weighted by Crippen LogP contribution is -2.33. The number of nitrogens with two attached hydrogens (primary N) is 4. The van der Waals surface area contributed by atoms with Crippen LogP contribution in [0.15, 0.2) is 9.98 Å². The Balaban J connectivity index is 4.16. The predicted molar refractivity (Wildman–Crippen MR) is 45.5 cm³/mol. The van der Waals surface area contributed by atoms with Crippen LogP contribution in [-0.2, 0) is 0 Å². The number of carbonyl (C=O) groups excluding carboxylic acids is 2. The van der Waals surface area contributed by atoms with E-state index >= 15 is 0 Å². The van der Waals surface area contributed by atoms with Gasteiger partial charge in [0, 0.05) is 0 Å². The van der Waals surface area contributed by atoms with Crippen molar-refractivity contribution in [2.45, 2.75) is 0 Å². The molecule has 9 nitrogen and oxygen atoms in total. The first-order chi connectivity index (χ1) is 5.91. The molecule has 0 aromatic heterocycles. The third-order valence-corrected chi connectivity index (χ3v) is 0.675. The summed E-state index contributed by atoms with van der Waals surface area (Å²) in [5, 5.41) is 1.67. The van der Waals surface area contributed by atoms with E-state index < -0.39 is 24.0 Å². The highest BCUT2D eigenvalue weighted by molar-refractivity contribution is 6.02. The molecule has 0 radical (unpaired) electrons. The first kappa shape index (κ1) is 10.7. The van der Waals surface area contributed by atoms with E-state index in [1.807, 2.05) is 0 Å². The lowest BCUT2D eigenvalue weighted by molar-refractivity contribution is 0.237. The minimum atomic E-state index is -1.05. The number of rotatable bonds is 0. The van der Waals surface area contributed by atoms with Gasteiger partial charge in [-0.3, -0.25) is 5.32 Å². The summed E-state index contributed by atoms with van der Waals surface area (Å²) < 4.78 is 0. The summed E-state index contributed by atoms with van der Waals surface area (Å²) in [6, 6.07) is -2.09. The number of nitrogens with zero attached hydrogens (tertiary/aromatic N) is 2. The summed E-state index contributed by atoms with van der Waals surface area (Å²) in [6.07, 6.45) is 0. The summed E-state index contributed by atoms with van der Waals surface area (Å²) in [5.74, 6) is -0.954. The quantitative estimate of drug-likeness (QED) is 0.204. The van der Waals surface area contributed by atoms with Gasteiger partial charge in [-0.1, -0.05) is 0 Å². The van der Waals surface area contributed by atoms with Crippen LogP contribution >= 0.6 is 0 Å². The lowest BCUT2D eigenvalue weighted by atomic mass is 10.8. The summed E-state index contributed by atoms with van der Waals surface area (Å²) in [7, 11) is 0. The number of nitrogens with one attached hydrogen (secondary N) is 1. The highest BCUT2D eigenvalue weighted by atomic mass is 16.2. The Bertz CT molecular complexity index is 244. The number of guanidine groups is 2. The molecular formula is C4H9N7O2. The van der Waals surface area contributed by atoms with Crippen molar-refractivity contribution < 1.29 is 9.59 Å². The zero-order valence-corrected chi connectivity index (χ0v) is 6.52. The van der Waals surface area contributed by atoms with Gasteiger partial charge < -0.3 is 22.9 Å². The minimum Gasteiger partial charge on any atom is -0.370 e. The Kier molecular flexibility index (Phi) is 3.73. The van der Waals surface area contributed by atoms with Crippen LogP contribution in [-0.4, -0.2) is 24.0 Å². The predicted octanol–water partition coefficient (Wildman–Crippen LogP) is -2.64. The first-order valence-electron chi connectivity index (χ1n) is 2.96. The number of amides is 4. The average molecular weight is 187 g/mol. The van der Waals surface area contributed by atoms with E-state index in [4.69, 9.17) is 22.9 Å². The topological polar surface area (TPSA) is 175 Å². The Morgan fingerprint density at radius 2 is 1.15 bits per heavy atom. The van der Waals surface area contributed by atoms with Gasteiger partial charge in [-0.15, -0.1) is 0 Å². The zero-order valence-electron chi connectivity index (χ0n) is 6.52. The molecule has 0 unspecified atom stereocenters. The van der Waals surface area contributed by atoms with E-state index in [-0.39, 0.29) is 0 Å². The van der Waals surface area contributed by atoms with E-state index in [0.717, 1.165) is 0 Å². The standard InChI is InChI=1S/C4H9N7O2/c5-1(6)9-3(12)11-4(13)10-2(7)8/h(H9,5,6,7,8,9,10,11,12,13). The second kappa shape index (κ2) is 4.54. The third kappa shape index (κ3) is 6.09. The smallest absolute Gasteiger partial charge is 0.352 e. The van der Waals surface area contributed by atoms with Crippen molar-refractivity contribution >= 4 is 24.0 Å². The van der Waals surface area contributed by atoms with E-state index in [1.54, 1.807) is 5.32 Å². The highest BCUT2D eigenvalue weighted by Gasteiger charge is 2.04. The fourth-order valence-electron chi connectivity index (χ4n) is 0.382. The molecule has 0 spiro atoms. The molecule has 0 aliphatic carbocycles. The van der Waals surface area contributed by atoms with Gasteiger partial charge >= 0.3 is 12.1 Å².